The molecule has 1 aromatic rings. The van der Waals surface area contributed by atoms with Gasteiger partial charge in [0.15, 0.2) is 0 Å². The van der Waals surface area contributed by atoms with Crippen LogP contribution in [-0.4, -0.2) is 25.0 Å². The van der Waals surface area contributed by atoms with E-state index in [9.17, 15) is 5.11 Å². The van der Waals surface area contributed by atoms with E-state index in [0.717, 1.165) is 18.6 Å². The average molecular weight is 307 g/mol. The minimum absolute atomic E-state index is 0.0758. The van der Waals surface area contributed by atoms with E-state index < -0.39 is 8.07 Å². The van der Waals surface area contributed by atoms with Crippen molar-refractivity contribution in [3.05, 3.63) is 30.3 Å². The Hall–Kier alpha value is -0.693. The molecule has 0 aliphatic carbocycles. The smallest absolute Gasteiger partial charge is 0.129 e. The van der Waals surface area contributed by atoms with Gasteiger partial charge in [0, 0.05) is 10.6 Å². The zero-order valence-corrected chi connectivity index (χ0v) is 14.8. The topological polar surface area (TPSA) is 20.2 Å². The lowest BCUT2D eigenvalue weighted by atomic mass is 10.0. The summed E-state index contributed by atoms with van der Waals surface area (Å²) in [5.41, 5.74) is 3.41. The molecule has 2 atom stereocenters. The van der Waals surface area contributed by atoms with Gasteiger partial charge in [-0.1, -0.05) is 51.2 Å². The number of thioether (sulfide) groups is 1. The molecular weight excluding hydrogens is 280 g/mol. The molecule has 0 amide bonds. The molecule has 1 rings (SSSR count). The lowest BCUT2D eigenvalue weighted by Gasteiger charge is -2.18. The van der Waals surface area contributed by atoms with Crippen LogP contribution < -0.4 is 0 Å². The van der Waals surface area contributed by atoms with E-state index in [2.05, 4.69) is 50.2 Å². The highest BCUT2D eigenvalue weighted by molar-refractivity contribution is 7.99. The third-order valence-electron chi connectivity index (χ3n) is 2.85. The highest BCUT2D eigenvalue weighted by Crippen LogP contribution is 2.23. The Bertz CT molecular complexity index is 442. The van der Waals surface area contributed by atoms with E-state index in [1.165, 1.54) is 4.90 Å². The van der Waals surface area contributed by atoms with E-state index in [1.54, 1.807) is 11.8 Å². The van der Waals surface area contributed by atoms with Crippen molar-refractivity contribution in [2.75, 3.05) is 5.75 Å². The summed E-state index contributed by atoms with van der Waals surface area (Å²) in [5.74, 6) is 4.29. The molecule has 3 heteroatoms. The summed E-state index contributed by atoms with van der Waals surface area (Å²) in [6.07, 6.45) is 1.53. The number of hydrogen-bond donors (Lipinski definition) is 1. The first-order valence-electron chi connectivity index (χ1n) is 7.31. The van der Waals surface area contributed by atoms with Gasteiger partial charge in [0.2, 0.25) is 0 Å². The molecule has 0 spiro atoms. The summed E-state index contributed by atoms with van der Waals surface area (Å²) in [5, 5.41) is 10.3. The quantitative estimate of drug-likeness (QED) is 0.476. The average Bonchev–Trinajstić information content (AvgIpc) is 2.39. The third kappa shape index (κ3) is 7.19. The number of aliphatic hydroxyl groups excluding tert-OH is 1. The Balaban J connectivity index is 2.69. The van der Waals surface area contributed by atoms with E-state index in [-0.39, 0.29) is 12.0 Å². The molecule has 1 N–H and O–H groups in total. The van der Waals surface area contributed by atoms with Crippen molar-refractivity contribution in [3.8, 4) is 11.5 Å². The molecule has 0 radical (unpaired) electrons. The van der Waals surface area contributed by atoms with Crippen molar-refractivity contribution >= 4 is 19.8 Å². The van der Waals surface area contributed by atoms with Crippen LogP contribution in [0.5, 0.6) is 0 Å². The normalized spacial score (nSPS) is 14.2. The van der Waals surface area contributed by atoms with Crippen LogP contribution in [0.25, 0.3) is 0 Å². The van der Waals surface area contributed by atoms with Crippen LogP contribution in [0.3, 0.4) is 0 Å². The second-order valence-electron chi connectivity index (χ2n) is 6.11. The number of benzene rings is 1. The summed E-state index contributed by atoms with van der Waals surface area (Å²) in [6.45, 7) is 8.84. The first-order chi connectivity index (χ1) is 9.42. The van der Waals surface area contributed by atoms with Gasteiger partial charge in [-0.25, -0.2) is 0 Å². The first kappa shape index (κ1) is 17.4. The Labute approximate surface area is 129 Å². The monoisotopic (exact) mass is 306 g/mol. The van der Waals surface area contributed by atoms with Gasteiger partial charge in [-0.3, -0.25) is 0 Å². The van der Waals surface area contributed by atoms with Crippen molar-refractivity contribution in [2.24, 2.45) is 5.92 Å². The molecule has 0 unspecified atom stereocenters. The lowest BCUT2D eigenvalue weighted by Crippen LogP contribution is -2.23. The fourth-order valence-corrected chi connectivity index (χ4v) is 3.40. The minimum Gasteiger partial charge on any atom is -0.392 e. The van der Waals surface area contributed by atoms with E-state index in [1.807, 2.05) is 18.2 Å². The van der Waals surface area contributed by atoms with Crippen molar-refractivity contribution in [1.82, 2.24) is 0 Å². The molecule has 110 valence electrons. The molecule has 0 saturated heterocycles. The zero-order chi connectivity index (χ0) is 15.0. The van der Waals surface area contributed by atoms with Crippen LogP contribution >= 0.6 is 11.8 Å². The van der Waals surface area contributed by atoms with Crippen molar-refractivity contribution in [3.63, 3.8) is 0 Å². The predicted octanol–water partition coefficient (Wildman–Crippen LogP) is 4.44. The van der Waals surface area contributed by atoms with Crippen molar-refractivity contribution in [2.45, 2.75) is 50.4 Å². The van der Waals surface area contributed by atoms with Crippen molar-refractivity contribution < 1.29 is 5.11 Å². The van der Waals surface area contributed by atoms with Gasteiger partial charge >= 0.3 is 0 Å². The molecular formula is C17H26OSSi. The van der Waals surface area contributed by atoms with Gasteiger partial charge in [-0.05, 0) is 18.6 Å². The summed E-state index contributed by atoms with van der Waals surface area (Å²) < 4.78 is 0. The Kier molecular flexibility index (Phi) is 7.43. The SMILES string of the molecule is CCC[C@@H](O)[C@H](C#C[Si](C)(C)C)CSc1ccccc1. The van der Waals surface area contributed by atoms with Gasteiger partial charge in [0.05, 0.1) is 12.0 Å². The molecule has 0 saturated carbocycles. The number of aliphatic hydroxyl groups is 1. The standard InChI is InChI=1S/C17H26OSSi/c1-5-9-17(18)15(12-13-20(2,3)4)14-19-16-10-7-6-8-11-16/h6-8,10-11,15,17-18H,5,9,14H2,1-4H3/t15-,17-/m1/s1. The summed E-state index contributed by atoms with van der Waals surface area (Å²) >= 11 is 1.79. The van der Waals surface area contributed by atoms with Crippen LogP contribution in [0.1, 0.15) is 19.8 Å². The maximum atomic E-state index is 10.3. The Morgan fingerprint density at radius 3 is 2.40 bits per heavy atom. The highest BCUT2D eigenvalue weighted by Gasteiger charge is 2.17. The lowest BCUT2D eigenvalue weighted by molar-refractivity contribution is 0.133. The fourth-order valence-electron chi connectivity index (χ4n) is 1.76. The number of rotatable bonds is 6. The van der Waals surface area contributed by atoms with Crippen LogP contribution in [0.15, 0.2) is 35.2 Å². The third-order valence-corrected chi connectivity index (χ3v) is 4.88. The van der Waals surface area contributed by atoms with Crippen molar-refractivity contribution in [1.29, 1.82) is 0 Å². The maximum Gasteiger partial charge on any atom is 0.129 e. The van der Waals surface area contributed by atoms with Crippen LogP contribution in [0.4, 0.5) is 0 Å². The van der Waals surface area contributed by atoms with E-state index in [0.29, 0.717) is 0 Å². The van der Waals surface area contributed by atoms with Gasteiger partial charge in [0.25, 0.3) is 0 Å². The molecule has 0 fully saturated rings. The molecule has 0 heterocycles. The maximum absolute atomic E-state index is 10.3. The molecule has 0 aliphatic rings. The molecule has 0 aliphatic heterocycles. The van der Waals surface area contributed by atoms with E-state index >= 15 is 0 Å². The first-order valence-corrected chi connectivity index (χ1v) is 11.8. The van der Waals surface area contributed by atoms with Gasteiger partial charge < -0.3 is 5.11 Å². The fraction of sp³-hybridized carbons (Fsp3) is 0.529. The molecule has 0 bridgehead atoms. The Morgan fingerprint density at radius 2 is 1.85 bits per heavy atom. The summed E-state index contributed by atoms with van der Waals surface area (Å²) in [6, 6.07) is 10.3. The van der Waals surface area contributed by atoms with Gasteiger partial charge in [0.1, 0.15) is 8.07 Å². The number of hydrogen-bond acceptors (Lipinski definition) is 2. The van der Waals surface area contributed by atoms with Crippen LogP contribution in [-0.2, 0) is 0 Å². The summed E-state index contributed by atoms with van der Waals surface area (Å²) in [4.78, 5) is 1.25. The Morgan fingerprint density at radius 1 is 1.20 bits per heavy atom. The largest absolute Gasteiger partial charge is 0.392 e. The summed E-state index contributed by atoms with van der Waals surface area (Å²) in [7, 11) is -1.38. The van der Waals surface area contributed by atoms with Gasteiger partial charge in [-0.15, -0.1) is 23.2 Å². The van der Waals surface area contributed by atoms with Gasteiger partial charge in [-0.2, -0.15) is 0 Å². The molecule has 1 nitrogen and oxygen atoms in total. The minimum atomic E-state index is -1.38. The van der Waals surface area contributed by atoms with Crippen LogP contribution in [0.2, 0.25) is 19.6 Å². The predicted molar refractivity (Wildman–Crippen MR) is 92.7 cm³/mol. The zero-order valence-electron chi connectivity index (χ0n) is 13.0. The second kappa shape index (κ2) is 8.56. The molecule has 0 aromatic heterocycles. The molecule has 1 aromatic carbocycles. The van der Waals surface area contributed by atoms with Crippen LogP contribution in [0, 0.1) is 17.4 Å². The highest BCUT2D eigenvalue weighted by atomic mass is 32.2. The molecule has 20 heavy (non-hydrogen) atoms. The van der Waals surface area contributed by atoms with E-state index in [4.69, 9.17) is 0 Å². The second-order valence-corrected chi connectivity index (χ2v) is 11.9.